The molecule has 0 radical (unpaired) electrons. The van der Waals surface area contributed by atoms with E-state index in [9.17, 15) is 5.11 Å². The van der Waals surface area contributed by atoms with Crippen molar-refractivity contribution < 1.29 is 14.9 Å². The second-order valence-corrected chi connectivity index (χ2v) is 5.65. The molecule has 0 bridgehead atoms. The Bertz CT molecular complexity index is 646. The van der Waals surface area contributed by atoms with Crippen LogP contribution >= 0.6 is 0 Å². The predicted octanol–water partition coefficient (Wildman–Crippen LogP) is 2.64. The number of anilines is 2. The van der Waals surface area contributed by atoms with Crippen LogP contribution in [0, 0.1) is 13.8 Å². The van der Waals surface area contributed by atoms with Gasteiger partial charge in [0.15, 0.2) is 0 Å². The van der Waals surface area contributed by atoms with Crippen LogP contribution in [0.4, 0.5) is 11.4 Å². The summed E-state index contributed by atoms with van der Waals surface area (Å²) in [5.74, 6) is 0. The van der Waals surface area contributed by atoms with Gasteiger partial charge < -0.3 is 20.3 Å². The summed E-state index contributed by atoms with van der Waals surface area (Å²) in [6.45, 7) is 5.40. The van der Waals surface area contributed by atoms with Crippen molar-refractivity contribution in [2.24, 2.45) is 0 Å². The van der Waals surface area contributed by atoms with Crippen LogP contribution in [0.2, 0.25) is 0 Å². The molecule has 0 aromatic heterocycles. The molecule has 0 saturated heterocycles. The van der Waals surface area contributed by atoms with Crippen molar-refractivity contribution in [3.8, 4) is 0 Å². The molecule has 4 N–H and O–H groups in total. The summed E-state index contributed by atoms with van der Waals surface area (Å²) in [5.41, 5.74) is 5.08. The fourth-order valence-corrected chi connectivity index (χ4v) is 2.43. The molecule has 0 aliphatic carbocycles. The fourth-order valence-electron chi connectivity index (χ4n) is 2.43. The van der Waals surface area contributed by atoms with Crippen LogP contribution in [0.25, 0.3) is 0 Å². The number of benzene rings is 2. The van der Waals surface area contributed by atoms with Crippen LogP contribution in [-0.4, -0.2) is 36.6 Å². The largest absolute Gasteiger partial charge is 0.394 e. The van der Waals surface area contributed by atoms with E-state index in [0.717, 1.165) is 16.9 Å². The second-order valence-electron chi connectivity index (χ2n) is 5.65. The van der Waals surface area contributed by atoms with E-state index in [4.69, 9.17) is 9.84 Å². The van der Waals surface area contributed by atoms with Crippen LogP contribution < -0.4 is 10.6 Å². The van der Waals surface area contributed by atoms with Crippen LogP contribution in [0.5, 0.6) is 0 Å². The van der Waals surface area contributed by atoms with Gasteiger partial charge in [-0.1, -0.05) is 30.3 Å². The van der Waals surface area contributed by atoms with Gasteiger partial charge in [-0.15, -0.1) is 0 Å². The highest BCUT2D eigenvalue weighted by molar-refractivity contribution is 5.67. The summed E-state index contributed by atoms with van der Waals surface area (Å²) < 4.78 is 5.18. The lowest BCUT2D eigenvalue weighted by atomic mass is 10.1. The topological polar surface area (TPSA) is 73.8 Å². The van der Waals surface area contributed by atoms with E-state index < -0.39 is 6.23 Å². The van der Waals surface area contributed by atoms with Crippen molar-refractivity contribution >= 4 is 11.4 Å². The quantitative estimate of drug-likeness (QED) is 0.420. The highest BCUT2D eigenvalue weighted by Crippen LogP contribution is 2.27. The molecule has 130 valence electrons. The van der Waals surface area contributed by atoms with Gasteiger partial charge in [-0.05, 0) is 37.1 Å². The van der Waals surface area contributed by atoms with Gasteiger partial charge in [0.05, 0.1) is 19.8 Å². The maximum Gasteiger partial charge on any atom is 0.133 e. The maximum absolute atomic E-state index is 10.4. The Hall–Kier alpha value is -1.92. The Kier molecular flexibility index (Phi) is 7.21. The third-order valence-corrected chi connectivity index (χ3v) is 3.95. The fraction of sp³-hybridized carbons (Fsp3) is 0.368. The van der Waals surface area contributed by atoms with E-state index in [2.05, 4.69) is 30.5 Å². The number of nitrogens with one attached hydrogen (secondary N) is 2. The van der Waals surface area contributed by atoms with Crippen molar-refractivity contribution in [1.29, 1.82) is 0 Å². The first-order chi connectivity index (χ1) is 11.6. The van der Waals surface area contributed by atoms with Gasteiger partial charge in [0.25, 0.3) is 0 Å². The molecule has 0 aliphatic heterocycles. The summed E-state index contributed by atoms with van der Waals surface area (Å²) in [7, 11) is 0. The molecule has 5 nitrogen and oxygen atoms in total. The van der Waals surface area contributed by atoms with Crippen molar-refractivity contribution in [3.63, 3.8) is 0 Å². The van der Waals surface area contributed by atoms with Crippen molar-refractivity contribution in [1.82, 2.24) is 5.32 Å². The molecule has 5 heteroatoms. The van der Waals surface area contributed by atoms with Crippen LogP contribution in [0.1, 0.15) is 22.9 Å². The van der Waals surface area contributed by atoms with Crippen LogP contribution in [-0.2, 0) is 4.74 Å². The Morgan fingerprint density at radius 3 is 2.54 bits per heavy atom. The zero-order valence-electron chi connectivity index (χ0n) is 14.2. The number of hydrogen-bond acceptors (Lipinski definition) is 5. The Morgan fingerprint density at radius 1 is 1.00 bits per heavy atom. The molecule has 0 heterocycles. The van der Waals surface area contributed by atoms with E-state index in [1.807, 2.05) is 36.4 Å². The number of aliphatic hydroxyl groups excluding tert-OH is 2. The van der Waals surface area contributed by atoms with Crippen molar-refractivity contribution in [2.75, 3.05) is 31.7 Å². The van der Waals surface area contributed by atoms with Gasteiger partial charge in [-0.25, -0.2) is 0 Å². The van der Waals surface area contributed by atoms with Gasteiger partial charge >= 0.3 is 0 Å². The molecular weight excluding hydrogens is 304 g/mol. The molecule has 0 spiro atoms. The zero-order valence-corrected chi connectivity index (χ0v) is 14.2. The first-order valence-corrected chi connectivity index (χ1v) is 8.15. The highest BCUT2D eigenvalue weighted by Gasteiger charge is 2.12. The third kappa shape index (κ3) is 5.04. The van der Waals surface area contributed by atoms with Crippen LogP contribution in [0.15, 0.2) is 42.5 Å². The van der Waals surface area contributed by atoms with E-state index in [0.29, 0.717) is 19.8 Å². The van der Waals surface area contributed by atoms with Crippen molar-refractivity contribution in [2.45, 2.75) is 20.1 Å². The summed E-state index contributed by atoms with van der Waals surface area (Å²) in [6.07, 6.45) is -0.795. The zero-order chi connectivity index (χ0) is 17.4. The van der Waals surface area contributed by atoms with Gasteiger partial charge in [-0.2, -0.15) is 0 Å². The number of ether oxygens (including phenoxy) is 1. The van der Waals surface area contributed by atoms with E-state index in [-0.39, 0.29) is 6.61 Å². The SMILES string of the molecule is Cc1cccc(Nc2ccccc2C(O)NCCOCCO)c1C. The molecule has 1 unspecified atom stereocenters. The van der Waals surface area contributed by atoms with Gasteiger partial charge in [-0.3, -0.25) is 5.32 Å². The van der Waals surface area contributed by atoms with Gasteiger partial charge in [0.1, 0.15) is 6.23 Å². The molecule has 0 saturated carbocycles. The third-order valence-electron chi connectivity index (χ3n) is 3.95. The molecular formula is C19H26N2O3. The minimum absolute atomic E-state index is 0.00511. The monoisotopic (exact) mass is 330 g/mol. The summed E-state index contributed by atoms with van der Waals surface area (Å²) in [5, 5.41) is 25.5. The summed E-state index contributed by atoms with van der Waals surface area (Å²) in [4.78, 5) is 0. The van der Waals surface area contributed by atoms with Crippen LogP contribution in [0.3, 0.4) is 0 Å². The highest BCUT2D eigenvalue weighted by atomic mass is 16.5. The number of aryl methyl sites for hydroxylation is 1. The maximum atomic E-state index is 10.4. The molecule has 0 fully saturated rings. The van der Waals surface area contributed by atoms with E-state index in [1.165, 1.54) is 11.1 Å². The van der Waals surface area contributed by atoms with E-state index in [1.54, 1.807) is 0 Å². The standard InChI is InChI=1S/C19H26N2O3/c1-14-6-5-9-17(15(14)2)21-18-8-4-3-7-16(18)19(23)20-10-12-24-13-11-22/h3-9,19-23H,10-13H2,1-2H3. The Labute approximate surface area is 143 Å². The number of rotatable bonds is 9. The molecule has 24 heavy (non-hydrogen) atoms. The number of hydrogen-bond donors (Lipinski definition) is 4. The lowest BCUT2D eigenvalue weighted by molar-refractivity contribution is 0.0769. The second kappa shape index (κ2) is 9.39. The lowest BCUT2D eigenvalue weighted by Gasteiger charge is -2.19. The molecule has 2 rings (SSSR count). The summed E-state index contributed by atoms with van der Waals surface area (Å²) >= 11 is 0. The van der Waals surface area contributed by atoms with E-state index >= 15 is 0 Å². The molecule has 2 aromatic rings. The Morgan fingerprint density at radius 2 is 1.75 bits per heavy atom. The first kappa shape index (κ1) is 18.4. The van der Waals surface area contributed by atoms with Crippen molar-refractivity contribution in [3.05, 3.63) is 59.2 Å². The van der Waals surface area contributed by atoms with Gasteiger partial charge in [0.2, 0.25) is 0 Å². The normalized spacial score (nSPS) is 12.2. The Balaban J connectivity index is 2.05. The first-order valence-electron chi connectivity index (χ1n) is 8.15. The van der Waals surface area contributed by atoms with Gasteiger partial charge in [0, 0.05) is 23.5 Å². The molecule has 0 amide bonds. The summed E-state index contributed by atoms with van der Waals surface area (Å²) in [6, 6.07) is 13.8. The average molecular weight is 330 g/mol. The smallest absolute Gasteiger partial charge is 0.133 e. The molecule has 2 aromatic carbocycles. The lowest BCUT2D eigenvalue weighted by Crippen LogP contribution is -2.26. The minimum atomic E-state index is -0.795. The molecule has 0 aliphatic rings. The minimum Gasteiger partial charge on any atom is -0.394 e. The number of para-hydroxylation sites is 1. The molecule has 1 atom stereocenters. The average Bonchev–Trinajstić information content (AvgIpc) is 2.59. The predicted molar refractivity (Wildman–Crippen MR) is 96.5 cm³/mol. The number of aliphatic hydroxyl groups is 2.